The standard InChI is InChI=1S/C59H108NO8P/c1-3-5-7-9-11-13-15-17-19-21-22-23-24-25-26-27-28-29-30-31-32-33-34-36-37-39-41-43-45-47-49-51-58(61)65-55-57(56-67-69(63,64)66-54-53-60)68-59(62)52-50-48-46-44-42-40-38-35-20-18-16-14-12-10-8-6-4-2/h6,8,12,14-15,17-18,20-22,57H,3-5,7,9-11,13,16,19,23-56,60H2,1-2H3,(H,63,64)/b8-6-,14-12-,17-15-,20-18-,22-21-. The molecule has 0 saturated carbocycles. The van der Waals surface area contributed by atoms with Crippen molar-refractivity contribution in [3.63, 3.8) is 0 Å². The van der Waals surface area contributed by atoms with Crippen LogP contribution in [0.15, 0.2) is 60.8 Å². The lowest BCUT2D eigenvalue weighted by molar-refractivity contribution is -0.161. The topological polar surface area (TPSA) is 134 Å². The van der Waals surface area contributed by atoms with Gasteiger partial charge >= 0.3 is 19.8 Å². The second kappa shape index (κ2) is 55.0. The molecule has 10 heteroatoms. The smallest absolute Gasteiger partial charge is 0.462 e. The van der Waals surface area contributed by atoms with Crippen molar-refractivity contribution < 1.29 is 37.6 Å². The maximum absolute atomic E-state index is 12.7. The summed E-state index contributed by atoms with van der Waals surface area (Å²) in [6.45, 7) is 3.63. The summed E-state index contributed by atoms with van der Waals surface area (Å²) in [6, 6.07) is 0. The average molecular weight is 990 g/mol. The van der Waals surface area contributed by atoms with Gasteiger partial charge < -0.3 is 20.1 Å². The fraction of sp³-hybridized carbons (Fsp3) is 0.797. The molecule has 0 aromatic rings. The molecule has 0 aromatic heterocycles. The number of esters is 2. The molecule has 0 aliphatic heterocycles. The number of allylic oxidation sites excluding steroid dienone is 10. The minimum absolute atomic E-state index is 0.0507. The molecular weight excluding hydrogens is 882 g/mol. The fourth-order valence-corrected chi connectivity index (χ4v) is 8.92. The van der Waals surface area contributed by atoms with Gasteiger partial charge in [0.2, 0.25) is 0 Å². The lowest BCUT2D eigenvalue weighted by Crippen LogP contribution is -2.29. The van der Waals surface area contributed by atoms with Crippen LogP contribution in [0.3, 0.4) is 0 Å². The highest BCUT2D eigenvalue weighted by Gasteiger charge is 2.26. The molecule has 402 valence electrons. The zero-order chi connectivity index (χ0) is 50.2. The normalized spacial score (nSPS) is 13.5. The Morgan fingerprint density at radius 1 is 0.449 bits per heavy atom. The van der Waals surface area contributed by atoms with Crippen LogP contribution < -0.4 is 5.73 Å². The quantitative estimate of drug-likeness (QED) is 0.0264. The van der Waals surface area contributed by atoms with Crippen molar-refractivity contribution >= 4 is 19.8 Å². The second-order valence-corrected chi connectivity index (χ2v) is 20.6. The molecule has 3 N–H and O–H groups in total. The van der Waals surface area contributed by atoms with E-state index in [4.69, 9.17) is 24.3 Å². The molecule has 0 rings (SSSR count). The Labute approximate surface area is 425 Å². The van der Waals surface area contributed by atoms with E-state index >= 15 is 0 Å². The van der Waals surface area contributed by atoms with Gasteiger partial charge in [-0.2, -0.15) is 0 Å². The third kappa shape index (κ3) is 54.9. The predicted molar refractivity (Wildman–Crippen MR) is 293 cm³/mol. The highest BCUT2D eigenvalue weighted by Crippen LogP contribution is 2.43. The second-order valence-electron chi connectivity index (χ2n) is 19.1. The number of phosphoric ester groups is 1. The molecule has 2 unspecified atom stereocenters. The molecule has 0 amide bonds. The van der Waals surface area contributed by atoms with E-state index in [9.17, 15) is 19.0 Å². The van der Waals surface area contributed by atoms with Gasteiger partial charge in [0.15, 0.2) is 6.10 Å². The number of hydrogen-bond acceptors (Lipinski definition) is 8. The van der Waals surface area contributed by atoms with E-state index < -0.39 is 26.5 Å². The molecule has 0 fully saturated rings. The van der Waals surface area contributed by atoms with Crippen molar-refractivity contribution in [3.8, 4) is 0 Å². The first-order chi connectivity index (χ1) is 33.8. The number of ether oxygens (including phenoxy) is 2. The van der Waals surface area contributed by atoms with Gasteiger partial charge in [-0.1, -0.05) is 242 Å². The van der Waals surface area contributed by atoms with Crippen molar-refractivity contribution in [2.24, 2.45) is 5.73 Å². The van der Waals surface area contributed by atoms with Gasteiger partial charge in [0, 0.05) is 19.4 Å². The number of carbonyl (C=O) groups excluding carboxylic acids is 2. The van der Waals surface area contributed by atoms with Crippen LogP contribution in [-0.2, 0) is 32.7 Å². The van der Waals surface area contributed by atoms with Crippen molar-refractivity contribution in [3.05, 3.63) is 60.8 Å². The van der Waals surface area contributed by atoms with Crippen molar-refractivity contribution in [2.75, 3.05) is 26.4 Å². The van der Waals surface area contributed by atoms with Crippen LogP contribution in [0.4, 0.5) is 0 Å². The highest BCUT2D eigenvalue weighted by atomic mass is 31.2. The Kier molecular flexibility index (Phi) is 53.2. The number of rotatable bonds is 54. The number of carbonyl (C=O) groups is 2. The van der Waals surface area contributed by atoms with Gasteiger partial charge in [0.05, 0.1) is 13.2 Å². The Morgan fingerprint density at radius 3 is 1.19 bits per heavy atom. The molecule has 0 aliphatic carbocycles. The first-order valence-corrected chi connectivity index (χ1v) is 30.3. The third-order valence-electron chi connectivity index (χ3n) is 12.4. The minimum Gasteiger partial charge on any atom is -0.462 e. The largest absolute Gasteiger partial charge is 0.472 e. The molecular formula is C59H108NO8P. The number of hydrogen-bond donors (Lipinski definition) is 2. The summed E-state index contributed by atoms with van der Waals surface area (Å²) in [5, 5.41) is 0. The number of nitrogens with two attached hydrogens (primary N) is 1. The summed E-state index contributed by atoms with van der Waals surface area (Å²) < 4.78 is 33.0. The van der Waals surface area contributed by atoms with Crippen molar-refractivity contribution in [1.82, 2.24) is 0 Å². The van der Waals surface area contributed by atoms with Crippen LogP contribution in [0, 0.1) is 0 Å². The molecule has 0 aromatic carbocycles. The minimum atomic E-state index is -4.39. The predicted octanol–water partition coefficient (Wildman–Crippen LogP) is 18.0. The average Bonchev–Trinajstić information content (AvgIpc) is 3.34. The van der Waals surface area contributed by atoms with Crippen molar-refractivity contribution in [2.45, 2.75) is 277 Å². The molecule has 0 radical (unpaired) electrons. The first-order valence-electron chi connectivity index (χ1n) is 28.8. The van der Waals surface area contributed by atoms with E-state index in [0.717, 1.165) is 70.6 Å². The van der Waals surface area contributed by atoms with Gasteiger partial charge in [-0.15, -0.1) is 0 Å². The maximum atomic E-state index is 12.7. The Bertz CT molecular complexity index is 1310. The lowest BCUT2D eigenvalue weighted by atomic mass is 10.0. The molecule has 0 saturated heterocycles. The highest BCUT2D eigenvalue weighted by molar-refractivity contribution is 7.47. The summed E-state index contributed by atoms with van der Waals surface area (Å²) in [7, 11) is -4.39. The van der Waals surface area contributed by atoms with Crippen LogP contribution in [0.5, 0.6) is 0 Å². The van der Waals surface area contributed by atoms with Gasteiger partial charge in [-0.25, -0.2) is 4.57 Å². The van der Waals surface area contributed by atoms with E-state index in [2.05, 4.69) is 74.6 Å². The van der Waals surface area contributed by atoms with E-state index in [-0.39, 0.29) is 38.6 Å². The summed E-state index contributed by atoms with van der Waals surface area (Å²) in [4.78, 5) is 35.1. The molecule has 0 spiro atoms. The lowest BCUT2D eigenvalue weighted by Gasteiger charge is -2.19. The van der Waals surface area contributed by atoms with Crippen LogP contribution >= 0.6 is 7.82 Å². The summed E-state index contributed by atoms with van der Waals surface area (Å²) in [5.41, 5.74) is 5.37. The van der Waals surface area contributed by atoms with Gasteiger partial charge in [-0.3, -0.25) is 18.6 Å². The molecule has 0 heterocycles. The molecule has 69 heavy (non-hydrogen) atoms. The fourth-order valence-electron chi connectivity index (χ4n) is 8.15. The molecule has 2 atom stereocenters. The summed E-state index contributed by atoms with van der Waals surface area (Å²) in [6.07, 6.45) is 68.6. The van der Waals surface area contributed by atoms with Crippen LogP contribution in [-0.4, -0.2) is 49.3 Å². The molecule has 0 bridgehead atoms. The van der Waals surface area contributed by atoms with E-state index in [1.807, 2.05) is 0 Å². The van der Waals surface area contributed by atoms with Crippen LogP contribution in [0.25, 0.3) is 0 Å². The SMILES string of the molecule is CC/C=C\C/C=C\C/C=C\CCCCCCCCCC(=O)OC(COC(=O)CCCCCCCCCCCCCCCCCCCCC/C=C\C/C=C\CCCCCCC)COP(=O)(O)OCCN. The van der Waals surface area contributed by atoms with Crippen LogP contribution in [0.2, 0.25) is 0 Å². The maximum Gasteiger partial charge on any atom is 0.472 e. The third-order valence-corrected chi connectivity index (χ3v) is 13.4. The van der Waals surface area contributed by atoms with E-state index in [1.165, 1.54) is 167 Å². The van der Waals surface area contributed by atoms with Gasteiger partial charge in [-0.05, 0) is 77.0 Å². The zero-order valence-corrected chi connectivity index (χ0v) is 45.7. The Morgan fingerprint density at radius 2 is 0.797 bits per heavy atom. The summed E-state index contributed by atoms with van der Waals surface area (Å²) in [5.74, 6) is -0.832. The molecule has 9 nitrogen and oxygen atoms in total. The van der Waals surface area contributed by atoms with Gasteiger partial charge in [0.1, 0.15) is 6.61 Å². The zero-order valence-electron chi connectivity index (χ0n) is 44.8. The Balaban J connectivity index is 3.89. The number of unbranched alkanes of at least 4 members (excludes halogenated alkanes) is 31. The first kappa shape index (κ1) is 66.7. The van der Waals surface area contributed by atoms with Crippen LogP contribution in [0.1, 0.15) is 271 Å². The molecule has 0 aliphatic rings. The van der Waals surface area contributed by atoms with E-state index in [1.54, 1.807) is 0 Å². The summed E-state index contributed by atoms with van der Waals surface area (Å²) >= 11 is 0. The number of phosphoric acid groups is 1. The van der Waals surface area contributed by atoms with Gasteiger partial charge in [0.25, 0.3) is 0 Å². The monoisotopic (exact) mass is 990 g/mol. The van der Waals surface area contributed by atoms with Crippen molar-refractivity contribution in [1.29, 1.82) is 0 Å². The Hall–Kier alpha value is -2.29. The van der Waals surface area contributed by atoms with E-state index in [0.29, 0.717) is 6.42 Å².